The third-order valence-electron chi connectivity index (χ3n) is 5.28. The molecule has 3 N–H and O–H groups in total. The predicted molar refractivity (Wildman–Crippen MR) is 113 cm³/mol. The number of ether oxygens (including phenoxy) is 2. The number of amides is 1. The second-order valence-corrected chi connectivity index (χ2v) is 8.68. The molecule has 1 saturated heterocycles. The van der Waals surface area contributed by atoms with E-state index in [2.05, 4.69) is 10.2 Å². The number of carbonyl (C=O) groups is 1. The highest BCUT2D eigenvalue weighted by Crippen LogP contribution is 2.31. The molecule has 1 fully saturated rings. The Kier molecular flexibility index (Phi) is 6.96. The van der Waals surface area contributed by atoms with Crippen molar-refractivity contribution in [3.05, 3.63) is 53.6 Å². The molecule has 0 aromatic heterocycles. The second-order valence-electron chi connectivity index (χ2n) is 7.12. The lowest BCUT2D eigenvalue weighted by Crippen LogP contribution is -2.37. The summed E-state index contributed by atoms with van der Waals surface area (Å²) in [5.41, 5.74) is 1.11. The van der Waals surface area contributed by atoms with Gasteiger partial charge in [0.25, 0.3) is 5.91 Å². The molecule has 2 aromatic carbocycles. The highest BCUT2D eigenvalue weighted by atomic mass is 32.2. The number of para-hydroxylation sites is 1. The van der Waals surface area contributed by atoms with Gasteiger partial charge in [-0.25, -0.2) is 13.6 Å². The molecule has 3 rings (SSSR count). The molecule has 1 atom stereocenters. The van der Waals surface area contributed by atoms with Crippen LogP contribution in [0.3, 0.4) is 0 Å². The van der Waals surface area contributed by atoms with E-state index in [0.29, 0.717) is 6.54 Å². The molecule has 1 heterocycles. The van der Waals surface area contributed by atoms with Gasteiger partial charge in [-0.2, -0.15) is 0 Å². The summed E-state index contributed by atoms with van der Waals surface area (Å²) in [6.45, 7) is 2.20. The van der Waals surface area contributed by atoms with Gasteiger partial charge in [-0.1, -0.05) is 18.2 Å². The summed E-state index contributed by atoms with van der Waals surface area (Å²) in [5.74, 6) is 0.601. The third kappa shape index (κ3) is 4.92. The van der Waals surface area contributed by atoms with Crippen molar-refractivity contribution in [1.82, 2.24) is 10.2 Å². The average Bonchev–Trinajstić information content (AvgIpc) is 3.27. The first-order valence-corrected chi connectivity index (χ1v) is 11.3. The molecule has 0 aliphatic carbocycles. The number of primary sulfonamides is 1. The van der Waals surface area contributed by atoms with E-state index in [1.165, 1.54) is 25.3 Å². The molecule has 0 bridgehead atoms. The van der Waals surface area contributed by atoms with E-state index in [4.69, 9.17) is 14.6 Å². The Hall–Kier alpha value is -2.62. The van der Waals surface area contributed by atoms with Crippen LogP contribution in [0.1, 0.15) is 34.8 Å². The number of likely N-dealkylation sites (tertiary alicyclic amines) is 1. The zero-order valence-corrected chi connectivity index (χ0v) is 17.9. The minimum absolute atomic E-state index is 0.0694. The number of hydrogen-bond acceptors (Lipinski definition) is 6. The third-order valence-corrected chi connectivity index (χ3v) is 6.19. The van der Waals surface area contributed by atoms with Gasteiger partial charge in [0.1, 0.15) is 11.5 Å². The Morgan fingerprint density at radius 3 is 2.40 bits per heavy atom. The van der Waals surface area contributed by atoms with E-state index >= 15 is 0 Å². The summed E-state index contributed by atoms with van der Waals surface area (Å²) >= 11 is 0. The SMILES string of the molecule is COc1ccc(S(N)(=O)=O)cc1C(=O)NCC(c1ccccc1OC)N1CCCC1. The van der Waals surface area contributed by atoms with Crippen LogP contribution in [0, 0.1) is 0 Å². The number of rotatable bonds is 8. The molecule has 8 nitrogen and oxygen atoms in total. The van der Waals surface area contributed by atoms with Crippen molar-refractivity contribution in [3.8, 4) is 11.5 Å². The summed E-state index contributed by atoms with van der Waals surface area (Å²) in [7, 11) is -0.892. The molecule has 162 valence electrons. The van der Waals surface area contributed by atoms with Crippen LogP contribution in [0.25, 0.3) is 0 Å². The molecule has 0 spiro atoms. The van der Waals surface area contributed by atoms with Gasteiger partial charge < -0.3 is 14.8 Å². The van der Waals surface area contributed by atoms with E-state index in [1.807, 2.05) is 24.3 Å². The van der Waals surface area contributed by atoms with Crippen molar-refractivity contribution in [2.24, 2.45) is 5.14 Å². The maximum atomic E-state index is 12.9. The minimum Gasteiger partial charge on any atom is -0.496 e. The van der Waals surface area contributed by atoms with E-state index in [1.54, 1.807) is 7.11 Å². The van der Waals surface area contributed by atoms with Gasteiger partial charge in [0, 0.05) is 12.1 Å². The largest absolute Gasteiger partial charge is 0.496 e. The second kappa shape index (κ2) is 9.46. The molecule has 1 aliphatic heterocycles. The molecule has 9 heteroatoms. The molecule has 1 aliphatic rings. The van der Waals surface area contributed by atoms with Gasteiger partial charge in [-0.05, 0) is 50.2 Å². The highest BCUT2D eigenvalue weighted by Gasteiger charge is 2.27. The number of nitrogens with one attached hydrogen (secondary N) is 1. The molecule has 30 heavy (non-hydrogen) atoms. The fourth-order valence-electron chi connectivity index (χ4n) is 3.76. The first kappa shape index (κ1) is 22.1. The lowest BCUT2D eigenvalue weighted by atomic mass is 10.0. The molecule has 0 saturated carbocycles. The highest BCUT2D eigenvalue weighted by molar-refractivity contribution is 7.89. The average molecular weight is 434 g/mol. The number of carbonyl (C=O) groups excluding carboxylic acids is 1. The standard InChI is InChI=1S/C21H27N3O5S/c1-28-19-8-4-3-7-16(19)18(24-11-5-6-12-24)14-23-21(25)17-13-15(30(22,26)27)9-10-20(17)29-2/h3-4,7-10,13,18H,5-6,11-12,14H2,1-2H3,(H,23,25)(H2,22,26,27). The quantitative estimate of drug-likeness (QED) is 0.658. The lowest BCUT2D eigenvalue weighted by Gasteiger charge is -2.29. The Morgan fingerprint density at radius 1 is 1.10 bits per heavy atom. The molecule has 1 unspecified atom stereocenters. The molecular weight excluding hydrogens is 406 g/mol. The van der Waals surface area contributed by atoms with E-state index in [0.717, 1.165) is 37.2 Å². The zero-order chi connectivity index (χ0) is 21.7. The number of benzene rings is 2. The predicted octanol–water partition coefficient (Wildman–Crippen LogP) is 1.92. The van der Waals surface area contributed by atoms with E-state index in [9.17, 15) is 13.2 Å². The molecule has 0 radical (unpaired) electrons. The first-order valence-electron chi connectivity index (χ1n) is 9.71. The van der Waals surface area contributed by atoms with E-state index in [-0.39, 0.29) is 22.3 Å². The first-order chi connectivity index (χ1) is 14.3. The van der Waals surface area contributed by atoms with Gasteiger partial charge in [-0.15, -0.1) is 0 Å². The smallest absolute Gasteiger partial charge is 0.255 e. The van der Waals surface area contributed by atoms with Crippen LogP contribution in [0.5, 0.6) is 11.5 Å². The summed E-state index contributed by atoms with van der Waals surface area (Å²) in [6, 6.07) is 11.7. The zero-order valence-electron chi connectivity index (χ0n) is 17.1. The Morgan fingerprint density at radius 2 is 1.77 bits per heavy atom. The summed E-state index contributed by atoms with van der Waals surface area (Å²) in [6.07, 6.45) is 2.20. The Bertz CT molecular complexity index is 1000. The van der Waals surface area contributed by atoms with Crippen LogP contribution in [0.2, 0.25) is 0 Å². The van der Waals surface area contributed by atoms with Crippen LogP contribution in [-0.2, 0) is 10.0 Å². The number of sulfonamides is 1. The summed E-state index contributed by atoms with van der Waals surface area (Å²) < 4.78 is 34.1. The fourth-order valence-corrected chi connectivity index (χ4v) is 4.30. The van der Waals surface area contributed by atoms with Crippen LogP contribution in [0.15, 0.2) is 47.4 Å². The van der Waals surface area contributed by atoms with Gasteiger partial charge >= 0.3 is 0 Å². The lowest BCUT2D eigenvalue weighted by molar-refractivity contribution is 0.0934. The maximum absolute atomic E-state index is 12.9. The topological polar surface area (TPSA) is 111 Å². The number of methoxy groups -OCH3 is 2. The fraction of sp³-hybridized carbons (Fsp3) is 0.381. The van der Waals surface area contributed by atoms with Crippen LogP contribution in [0.4, 0.5) is 0 Å². The molecular formula is C21H27N3O5S. The monoisotopic (exact) mass is 433 g/mol. The van der Waals surface area contributed by atoms with Gasteiger partial charge in [0.2, 0.25) is 10.0 Å². The Balaban J connectivity index is 1.86. The molecule has 2 aromatic rings. The van der Waals surface area contributed by atoms with Crippen LogP contribution in [-0.4, -0.2) is 53.1 Å². The minimum atomic E-state index is -3.94. The van der Waals surface area contributed by atoms with E-state index < -0.39 is 15.9 Å². The normalized spacial score (nSPS) is 15.6. The van der Waals surface area contributed by atoms with Crippen molar-refractivity contribution in [1.29, 1.82) is 0 Å². The number of nitrogens with two attached hydrogens (primary N) is 1. The number of nitrogens with zero attached hydrogens (tertiary/aromatic N) is 1. The molecule has 1 amide bonds. The Labute approximate surface area is 177 Å². The van der Waals surface area contributed by atoms with Gasteiger partial charge in [0.15, 0.2) is 0 Å². The summed E-state index contributed by atoms with van der Waals surface area (Å²) in [4.78, 5) is 15.1. The van der Waals surface area contributed by atoms with Crippen molar-refractivity contribution >= 4 is 15.9 Å². The van der Waals surface area contributed by atoms with Gasteiger partial charge in [0.05, 0.1) is 30.7 Å². The van der Waals surface area contributed by atoms with Crippen molar-refractivity contribution in [3.63, 3.8) is 0 Å². The van der Waals surface area contributed by atoms with Crippen molar-refractivity contribution < 1.29 is 22.7 Å². The number of hydrogen-bond donors (Lipinski definition) is 2. The maximum Gasteiger partial charge on any atom is 0.255 e. The van der Waals surface area contributed by atoms with Crippen LogP contribution < -0.4 is 19.9 Å². The van der Waals surface area contributed by atoms with Crippen molar-refractivity contribution in [2.75, 3.05) is 33.9 Å². The van der Waals surface area contributed by atoms with Gasteiger partial charge in [-0.3, -0.25) is 9.69 Å². The summed E-state index contributed by atoms with van der Waals surface area (Å²) in [5, 5.41) is 8.14. The van der Waals surface area contributed by atoms with Crippen molar-refractivity contribution in [2.45, 2.75) is 23.8 Å². The van der Waals surface area contributed by atoms with Crippen LogP contribution >= 0.6 is 0 Å².